The first-order valence-electron chi connectivity index (χ1n) is 25.6. The van der Waals surface area contributed by atoms with E-state index in [9.17, 15) is 19.8 Å². The number of aliphatic hydroxyl groups is 2. The normalized spacial score (nSPS) is 13.8. The van der Waals surface area contributed by atoms with Crippen molar-refractivity contribution in [3.05, 3.63) is 60.8 Å². The molecular formula is C54H97NO5. The summed E-state index contributed by atoms with van der Waals surface area (Å²) in [7, 11) is 0. The molecule has 0 aromatic carbocycles. The van der Waals surface area contributed by atoms with Crippen LogP contribution >= 0.6 is 0 Å². The molecule has 3 atom stereocenters. The Labute approximate surface area is 371 Å². The van der Waals surface area contributed by atoms with Gasteiger partial charge in [0.1, 0.15) is 6.10 Å². The molecule has 0 aliphatic carbocycles. The summed E-state index contributed by atoms with van der Waals surface area (Å²) in [5.74, 6) is -0.518. The standard InChI is InChI=1S/C54H97NO5/c1-4-7-10-13-16-19-22-24-26-28-29-31-33-36-39-42-45-50(60-54(59)47-44-41-38-35-32-30-27-25-23-20-17-14-11-8-5-2)48-53(58)55-51(49-56)52(57)46-43-40-37-34-21-18-15-12-9-6-3/h8,11,14,17,20,23,25,27,30,32,50-52,56-57H,4-7,9-10,12-13,15-16,18-19,21-22,24,26,28-29,31,33-49H2,1-3H3,(H,55,58)/b11-8+,17-14+,23-20-,27-25-,32-30+. The van der Waals surface area contributed by atoms with Crippen LogP contribution in [0.25, 0.3) is 0 Å². The lowest BCUT2D eigenvalue weighted by Gasteiger charge is -2.24. The summed E-state index contributed by atoms with van der Waals surface area (Å²) in [4.78, 5) is 26.1. The molecule has 0 rings (SSSR count). The number of nitrogens with one attached hydrogen (secondary N) is 1. The molecule has 0 heterocycles. The van der Waals surface area contributed by atoms with Gasteiger partial charge < -0.3 is 20.3 Å². The van der Waals surface area contributed by atoms with Crippen molar-refractivity contribution >= 4 is 11.9 Å². The predicted octanol–water partition coefficient (Wildman–Crippen LogP) is 15.2. The third kappa shape index (κ3) is 42.3. The van der Waals surface area contributed by atoms with Gasteiger partial charge in [0.2, 0.25) is 5.91 Å². The number of carbonyl (C=O) groups excluding carboxylic acids is 2. The lowest BCUT2D eigenvalue weighted by molar-refractivity contribution is -0.151. The average molecular weight is 840 g/mol. The molecular weight excluding hydrogens is 743 g/mol. The van der Waals surface area contributed by atoms with E-state index < -0.39 is 18.2 Å². The first kappa shape index (κ1) is 57.6. The number of unbranched alkanes of at least 4 members (excludes halogenated alkanes) is 27. The minimum atomic E-state index is -0.794. The minimum Gasteiger partial charge on any atom is -0.462 e. The van der Waals surface area contributed by atoms with Gasteiger partial charge in [-0.3, -0.25) is 9.59 Å². The van der Waals surface area contributed by atoms with Crippen molar-refractivity contribution in [3.8, 4) is 0 Å². The molecule has 0 bridgehead atoms. The SMILES string of the molecule is CC/C=C/C=C/C=C\C=C/C=C/CCCCCC(=O)OC(CCCCCCCCCCCCCCCCCC)CC(=O)NC(CO)C(O)CCCCCCCCCCCC. The van der Waals surface area contributed by atoms with Crippen molar-refractivity contribution in [2.75, 3.05) is 6.61 Å². The summed E-state index contributed by atoms with van der Waals surface area (Å²) < 4.78 is 5.92. The first-order chi connectivity index (χ1) is 29.5. The second kappa shape index (κ2) is 47.6. The molecule has 0 saturated heterocycles. The number of aliphatic hydroxyl groups excluding tert-OH is 2. The number of hydrogen-bond donors (Lipinski definition) is 3. The number of amides is 1. The number of ether oxygens (including phenoxy) is 1. The fraction of sp³-hybridized carbons (Fsp3) is 0.778. The molecule has 0 aliphatic rings. The van der Waals surface area contributed by atoms with Crippen LogP contribution in [0, 0.1) is 0 Å². The predicted molar refractivity (Wildman–Crippen MR) is 259 cm³/mol. The van der Waals surface area contributed by atoms with Gasteiger partial charge in [0.05, 0.1) is 25.2 Å². The summed E-state index contributed by atoms with van der Waals surface area (Å²) in [5, 5.41) is 23.7. The summed E-state index contributed by atoms with van der Waals surface area (Å²) in [5.41, 5.74) is 0. The molecule has 0 aliphatic heterocycles. The van der Waals surface area contributed by atoms with E-state index in [0.717, 1.165) is 70.6 Å². The number of hydrogen-bond acceptors (Lipinski definition) is 5. The Morgan fingerprint density at radius 2 is 0.900 bits per heavy atom. The van der Waals surface area contributed by atoms with E-state index in [1.54, 1.807) is 0 Å². The molecule has 3 unspecified atom stereocenters. The third-order valence-corrected chi connectivity index (χ3v) is 11.5. The van der Waals surface area contributed by atoms with Crippen LogP contribution in [0.5, 0.6) is 0 Å². The van der Waals surface area contributed by atoms with Crippen LogP contribution in [0.15, 0.2) is 60.8 Å². The molecule has 6 heteroatoms. The smallest absolute Gasteiger partial charge is 0.306 e. The topological polar surface area (TPSA) is 95.9 Å². The number of rotatable bonds is 45. The zero-order chi connectivity index (χ0) is 43.8. The van der Waals surface area contributed by atoms with E-state index in [2.05, 4.69) is 50.4 Å². The maximum absolute atomic E-state index is 13.2. The zero-order valence-corrected chi connectivity index (χ0v) is 39.6. The van der Waals surface area contributed by atoms with E-state index in [0.29, 0.717) is 19.3 Å². The summed E-state index contributed by atoms with van der Waals surface area (Å²) in [6.07, 6.45) is 58.5. The van der Waals surface area contributed by atoms with Gasteiger partial charge in [-0.1, -0.05) is 248 Å². The second-order valence-corrected chi connectivity index (χ2v) is 17.3. The van der Waals surface area contributed by atoms with Gasteiger partial charge in [0.15, 0.2) is 0 Å². The maximum atomic E-state index is 13.2. The summed E-state index contributed by atoms with van der Waals surface area (Å²) >= 11 is 0. The van der Waals surface area contributed by atoms with Gasteiger partial charge in [0.25, 0.3) is 0 Å². The Morgan fingerprint density at radius 1 is 0.500 bits per heavy atom. The van der Waals surface area contributed by atoms with Crippen molar-refractivity contribution in [1.29, 1.82) is 0 Å². The highest BCUT2D eigenvalue weighted by atomic mass is 16.5. The summed E-state index contributed by atoms with van der Waals surface area (Å²) in [6.45, 7) is 6.33. The fourth-order valence-corrected chi connectivity index (χ4v) is 7.63. The molecule has 0 spiro atoms. The average Bonchev–Trinajstić information content (AvgIpc) is 3.24. The van der Waals surface area contributed by atoms with Gasteiger partial charge in [0, 0.05) is 6.42 Å². The molecule has 0 aromatic heterocycles. The van der Waals surface area contributed by atoms with E-state index in [4.69, 9.17) is 4.74 Å². The van der Waals surface area contributed by atoms with Crippen molar-refractivity contribution in [1.82, 2.24) is 5.32 Å². The lowest BCUT2D eigenvalue weighted by atomic mass is 10.0. The van der Waals surface area contributed by atoms with Crippen LogP contribution in [0.4, 0.5) is 0 Å². The van der Waals surface area contributed by atoms with E-state index >= 15 is 0 Å². The molecule has 6 nitrogen and oxygen atoms in total. The van der Waals surface area contributed by atoms with E-state index in [1.807, 2.05) is 36.5 Å². The highest BCUT2D eigenvalue weighted by Gasteiger charge is 2.24. The Hall–Kier alpha value is -2.44. The Morgan fingerprint density at radius 3 is 1.35 bits per heavy atom. The monoisotopic (exact) mass is 840 g/mol. The van der Waals surface area contributed by atoms with Crippen molar-refractivity contribution in [2.24, 2.45) is 0 Å². The third-order valence-electron chi connectivity index (χ3n) is 11.5. The molecule has 0 aromatic rings. The number of esters is 1. The second-order valence-electron chi connectivity index (χ2n) is 17.3. The van der Waals surface area contributed by atoms with Crippen LogP contribution in [0.2, 0.25) is 0 Å². The largest absolute Gasteiger partial charge is 0.462 e. The van der Waals surface area contributed by atoms with Crippen LogP contribution < -0.4 is 5.32 Å². The highest BCUT2D eigenvalue weighted by molar-refractivity contribution is 5.77. The van der Waals surface area contributed by atoms with Crippen molar-refractivity contribution in [2.45, 2.75) is 264 Å². The fourth-order valence-electron chi connectivity index (χ4n) is 7.63. The van der Waals surface area contributed by atoms with E-state index in [-0.39, 0.29) is 24.9 Å². The van der Waals surface area contributed by atoms with Gasteiger partial charge in [-0.05, 0) is 44.9 Å². The van der Waals surface area contributed by atoms with Gasteiger partial charge in [-0.2, -0.15) is 0 Å². The highest BCUT2D eigenvalue weighted by Crippen LogP contribution is 2.18. The summed E-state index contributed by atoms with van der Waals surface area (Å²) in [6, 6.07) is -0.709. The van der Waals surface area contributed by atoms with E-state index in [1.165, 1.54) is 128 Å². The lowest BCUT2D eigenvalue weighted by Crippen LogP contribution is -2.46. The number of carbonyl (C=O) groups is 2. The minimum absolute atomic E-state index is 0.0612. The zero-order valence-electron chi connectivity index (χ0n) is 39.6. The Bertz CT molecular complexity index is 1080. The Balaban J connectivity index is 4.65. The quantitative estimate of drug-likeness (QED) is 0.0322. The van der Waals surface area contributed by atoms with Crippen molar-refractivity contribution in [3.63, 3.8) is 0 Å². The van der Waals surface area contributed by atoms with Crippen molar-refractivity contribution < 1.29 is 24.5 Å². The molecule has 3 N–H and O–H groups in total. The van der Waals surface area contributed by atoms with Gasteiger partial charge >= 0.3 is 5.97 Å². The van der Waals surface area contributed by atoms with Crippen LogP contribution in [0.1, 0.15) is 245 Å². The van der Waals surface area contributed by atoms with Gasteiger partial charge in [-0.25, -0.2) is 0 Å². The molecule has 60 heavy (non-hydrogen) atoms. The van der Waals surface area contributed by atoms with Crippen LogP contribution in [-0.2, 0) is 14.3 Å². The molecule has 348 valence electrons. The Kier molecular flexibility index (Phi) is 45.7. The molecule has 0 radical (unpaired) electrons. The maximum Gasteiger partial charge on any atom is 0.306 e. The van der Waals surface area contributed by atoms with Crippen LogP contribution in [0.3, 0.4) is 0 Å². The first-order valence-corrected chi connectivity index (χ1v) is 25.6. The molecule has 0 saturated carbocycles. The van der Waals surface area contributed by atoms with Crippen LogP contribution in [-0.4, -0.2) is 46.9 Å². The molecule has 1 amide bonds. The molecule has 0 fully saturated rings. The number of allylic oxidation sites excluding steroid dienone is 10. The van der Waals surface area contributed by atoms with Gasteiger partial charge in [-0.15, -0.1) is 0 Å².